The van der Waals surface area contributed by atoms with Crippen LogP contribution in [0.3, 0.4) is 0 Å². The lowest BCUT2D eigenvalue weighted by atomic mass is 10.1. The molecule has 1 atom stereocenters. The van der Waals surface area contributed by atoms with E-state index in [1.54, 1.807) is 0 Å². The molecular formula is C15H18N2O2. The van der Waals surface area contributed by atoms with Gasteiger partial charge < -0.3 is 20.2 Å². The first-order valence-electron chi connectivity index (χ1n) is 6.60. The van der Waals surface area contributed by atoms with Gasteiger partial charge in [-0.2, -0.15) is 0 Å². The van der Waals surface area contributed by atoms with Crippen LogP contribution in [-0.2, 0) is 4.74 Å². The molecule has 2 heterocycles. The van der Waals surface area contributed by atoms with Crippen molar-refractivity contribution < 1.29 is 9.47 Å². The summed E-state index contributed by atoms with van der Waals surface area (Å²) in [4.78, 5) is 3.14. The van der Waals surface area contributed by atoms with Gasteiger partial charge in [0.2, 0.25) is 0 Å². The summed E-state index contributed by atoms with van der Waals surface area (Å²) in [6.07, 6.45) is 4.29. The molecule has 1 unspecified atom stereocenters. The number of nitrogens with one attached hydrogen (secondary N) is 1. The minimum absolute atomic E-state index is 0.235. The maximum Gasteiger partial charge on any atom is 0.120 e. The molecule has 1 aromatic carbocycles. The second-order valence-electron chi connectivity index (χ2n) is 4.78. The lowest BCUT2D eigenvalue weighted by molar-refractivity contribution is 0.0680. The van der Waals surface area contributed by atoms with Crippen LogP contribution in [0.15, 0.2) is 36.5 Å². The SMILES string of the molecule is Nc1cc[nH]c1-c1cccc(OCC2CCCO2)c1. The summed E-state index contributed by atoms with van der Waals surface area (Å²) >= 11 is 0. The highest BCUT2D eigenvalue weighted by atomic mass is 16.5. The molecule has 0 saturated carbocycles. The van der Waals surface area contributed by atoms with Crippen molar-refractivity contribution >= 4 is 5.69 Å². The zero-order chi connectivity index (χ0) is 13.1. The Morgan fingerprint density at radius 2 is 2.32 bits per heavy atom. The average Bonchev–Trinajstić information content (AvgIpc) is 3.08. The van der Waals surface area contributed by atoms with Crippen molar-refractivity contribution in [3.05, 3.63) is 36.5 Å². The molecule has 4 heteroatoms. The Hall–Kier alpha value is -1.94. The zero-order valence-electron chi connectivity index (χ0n) is 10.8. The molecule has 1 fully saturated rings. The van der Waals surface area contributed by atoms with Gasteiger partial charge in [0.05, 0.1) is 17.5 Å². The topological polar surface area (TPSA) is 60.3 Å². The van der Waals surface area contributed by atoms with E-state index in [2.05, 4.69) is 4.98 Å². The minimum atomic E-state index is 0.235. The fourth-order valence-electron chi connectivity index (χ4n) is 2.34. The normalized spacial score (nSPS) is 18.6. The van der Waals surface area contributed by atoms with E-state index in [1.165, 1.54) is 0 Å². The van der Waals surface area contributed by atoms with E-state index < -0.39 is 0 Å². The Morgan fingerprint density at radius 3 is 3.05 bits per heavy atom. The third-order valence-corrected chi connectivity index (χ3v) is 3.36. The number of H-pyrrole nitrogens is 1. The molecule has 1 aliphatic rings. The van der Waals surface area contributed by atoms with Crippen molar-refractivity contribution in [3.8, 4) is 17.0 Å². The summed E-state index contributed by atoms with van der Waals surface area (Å²) < 4.78 is 11.3. The van der Waals surface area contributed by atoms with E-state index in [4.69, 9.17) is 15.2 Å². The highest BCUT2D eigenvalue weighted by Crippen LogP contribution is 2.27. The van der Waals surface area contributed by atoms with Gasteiger partial charge in [0, 0.05) is 18.4 Å². The molecule has 1 aromatic heterocycles. The molecule has 3 N–H and O–H groups in total. The zero-order valence-corrected chi connectivity index (χ0v) is 10.8. The van der Waals surface area contributed by atoms with Crippen molar-refractivity contribution in [1.82, 2.24) is 4.98 Å². The van der Waals surface area contributed by atoms with Gasteiger partial charge in [-0.15, -0.1) is 0 Å². The van der Waals surface area contributed by atoms with Gasteiger partial charge in [0.25, 0.3) is 0 Å². The smallest absolute Gasteiger partial charge is 0.120 e. The molecule has 0 radical (unpaired) electrons. The average molecular weight is 258 g/mol. The Morgan fingerprint density at radius 1 is 1.37 bits per heavy atom. The first kappa shape index (κ1) is 12.1. The van der Waals surface area contributed by atoms with Crippen LogP contribution in [-0.4, -0.2) is 24.3 Å². The predicted octanol–water partition coefficient (Wildman–Crippen LogP) is 2.82. The molecule has 0 aliphatic carbocycles. The predicted molar refractivity (Wildman–Crippen MR) is 75.1 cm³/mol. The second kappa shape index (κ2) is 5.36. The van der Waals surface area contributed by atoms with Crippen LogP contribution in [0.1, 0.15) is 12.8 Å². The number of nitrogen functional groups attached to an aromatic ring is 1. The fraction of sp³-hybridized carbons (Fsp3) is 0.333. The minimum Gasteiger partial charge on any atom is -0.491 e. The maximum absolute atomic E-state index is 5.90. The number of nitrogens with two attached hydrogens (primary N) is 1. The molecule has 3 rings (SSSR count). The van der Waals surface area contributed by atoms with E-state index >= 15 is 0 Å². The van der Waals surface area contributed by atoms with Gasteiger partial charge in [-0.05, 0) is 31.0 Å². The number of ether oxygens (including phenoxy) is 2. The van der Waals surface area contributed by atoms with Gasteiger partial charge in [-0.1, -0.05) is 12.1 Å². The lowest BCUT2D eigenvalue weighted by Gasteiger charge is -2.12. The van der Waals surface area contributed by atoms with E-state index in [-0.39, 0.29) is 6.10 Å². The second-order valence-corrected chi connectivity index (χ2v) is 4.78. The van der Waals surface area contributed by atoms with Crippen molar-refractivity contribution in [2.75, 3.05) is 18.9 Å². The molecule has 1 saturated heterocycles. The van der Waals surface area contributed by atoms with Crippen LogP contribution in [0.2, 0.25) is 0 Å². The third-order valence-electron chi connectivity index (χ3n) is 3.36. The van der Waals surface area contributed by atoms with Crippen molar-refractivity contribution in [2.24, 2.45) is 0 Å². The molecule has 0 spiro atoms. The Balaban J connectivity index is 1.71. The van der Waals surface area contributed by atoms with E-state index in [0.717, 1.165) is 42.1 Å². The summed E-state index contributed by atoms with van der Waals surface area (Å²) in [7, 11) is 0. The van der Waals surface area contributed by atoms with Crippen molar-refractivity contribution in [2.45, 2.75) is 18.9 Å². The van der Waals surface area contributed by atoms with Gasteiger partial charge in [-0.3, -0.25) is 0 Å². The van der Waals surface area contributed by atoms with Crippen LogP contribution < -0.4 is 10.5 Å². The van der Waals surface area contributed by atoms with Crippen molar-refractivity contribution in [3.63, 3.8) is 0 Å². The van der Waals surface area contributed by atoms with Gasteiger partial charge in [-0.25, -0.2) is 0 Å². The first-order chi connectivity index (χ1) is 9.33. The fourth-order valence-corrected chi connectivity index (χ4v) is 2.34. The molecule has 0 bridgehead atoms. The van der Waals surface area contributed by atoms with E-state index in [9.17, 15) is 0 Å². The van der Waals surface area contributed by atoms with Gasteiger partial charge in [0.15, 0.2) is 0 Å². The van der Waals surface area contributed by atoms with Crippen LogP contribution in [0.4, 0.5) is 5.69 Å². The summed E-state index contributed by atoms with van der Waals surface area (Å²) in [5.41, 5.74) is 8.62. The van der Waals surface area contributed by atoms with Crippen LogP contribution >= 0.6 is 0 Å². The quantitative estimate of drug-likeness (QED) is 0.886. The van der Waals surface area contributed by atoms with E-state index in [1.807, 2.05) is 36.5 Å². The number of aromatic nitrogens is 1. The maximum atomic E-state index is 5.90. The third kappa shape index (κ3) is 2.74. The summed E-state index contributed by atoms with van der Waals surface area (Å²) in [5.74, 6) is 0.849. The molecular weight excluding hydrogens is 240 g/mol. The summed E-state index contributed by atoms with van der Waals surface area (Å²) in [6, 6.07) is 9.80. The Bertz CT molecular complexity index is 545. The number of rotatable bonds is 4. The van der Waals surface area contributed by atoms with Crippen LogP contribution in [0.25, 0.3) is 11.3 Å². The largest absolute Gasteiger partial charge is 0.491 e. The van der Waals surface area contributed by atoms with E-state index in [0.29, 0.717) is 6.61 Å². The van der Waals surface area contributed by atoms with Gasteiger partial charge in [0.1, 0.15) is 12.4 Å². The molecule has 0 amide bonds. The van der Waals surface area contributed by atoms with Crippen molar-refractivity contribution in [1.29, 1.82) is 0 Å². The number of aromatic amines is 1. The molecule has 100 valence electrons. The lowest BCUT2D eigenvalue weighted by Crippen LogP contribution is -2.16. The Kier molecular flexibility index (Phi) is 3.42. The van der Waals surface area contributed by atoms with Crippen LogP contribution in [0, 0.1) is 0 Å². The monoisotopic (exact) mass is 258 g/mol. The summed E-state index contributed by atoms with van der Waals surface area (Å²) in [5, 5.41) is 0. The highest BCUT2D eigenvalue weighted by molar-refractivity contribution is 5.73. The number of anilines is 1. The van der Waals surface area contributed by atoms with Crippen LogP contribution in [0.5, 0.6) is 5.75 Å². The highest BCUT2D eigenvalue weighted by Gasteiger charge is 2.16. The first-order valence-corrected chi connectivity index (χ1v) is 6.60. The molecule has 2 aromatic rings. The molecule has 1 aliphatic heterocycles. The standard InChI is InChI=1S/C15H18N2O2/c16-14-6-7-17-15(14)11-3-1-4-12(9-11)19-10-13-5-2-8-18-13/h1,3-4,6-7,9,13,17H,2,5,8,10,16H2. The number of hydrogen-bond donors (Lipinski definition) is 2. The van der Waals surface area contributed by atoms with Gasteiger partial charge >= 0.3 is 0 Å². The summed E-state index contributed by atoms with van der Waals surface area (Å²) in [6.45, 7) is 1.47. The number of hydrogen-bond acceptors (Lipinski definition) is 3. The Labute approximate surface area is 112 Å². The molecule has 19 heavy (non-hydrogen) atoms. The number of benzene rings is 1. The molecule has 4 nitrogen and oxygen atoms in total.